The number of hydrogen-bond acceptors (Lipinski definition) is 4. The van der Waals surface area contributed by atoms with Crippen LogP contribution in [0.2, 0.25) is 0 Å². The molecule has 0 aromatic carbocycles. The Morgan fingerprint density at radius 2 is 1.69 bits per heavy atom. The molecule has 0 aliphatic heterocycles. The normalized spacial score (nSPS) is 41.5. The highest BCUT2D eigenvalue weighted by molar-refractivity contribution is 5.75. The third kappa shape index (κ3) is 5.50. The predicted octanol–water partition coefficient (Wildman–Crippen LogP) is 5.12. The van der Waals surface area contributed by atoms with Gasteiger partial charge in [-0.05, 0) is 130 Å². The molecule has 0 heterocycles. The molecule has 0 saturated heterocycles. The van der Waals surface area contributed by atoms with E-state index in [1.54, 1.807) is 0 Å². The number of hydrogen-bond donors (Lipinski definition) is 4. The van der Waals surface area contributed by atoms with Gasteiger partial charge < -0.3 is 21.3 Å². The molecular weight excluding hydrogens is 452 g/mol. The second-order valence-corrected chi connectivity index (χ2v) is 13.6. The van der Waals surface area contributed by atoms with Gasteiger partial charge in [-0.3, -0.25) is 9.59 Å². The minimum Gasteiger partial charge on any atom is -0.480 e. The molecule has 36 heavy (non-hydrogen) atoms. The van der Waals surface area contributed by atoms with E-state index < -0.39 is 12.0 Å². The number of unbranched alkanes of at least 4 members (excludes halogenated alkanes) is 1. The van der Waals surface area contributed by atoms with Gasteiger partial charge in [0.1, 0.15) is 6.04 Å². The number of aliphatic carboxylic acids is 1. The maximum Gasteiger partial charge on any atom is 0.320 e. The third-order valence-corrected chi connectivity index (χ3v) is 11.8. The minimum absolute atomic E-state index is 0.0716. The zero-order valence-corrected chi connectivity index (χ0v) is 23.0. The van der Waals surface area contributed by atoms with Crippen molar-refractivity contribution in [3.8, 4) is 0 Å². The van der Waals surface area contributed by atoms with Gasteiger partial charge in [-0.1, -0.05) is 20.8 Å². The van der Waals surface area contributed by atoms with Crippen LogP contribution in [0.1, 0.15) is 111 Å². The first-order valence-electron chi connectivity index (χ1n) is 15.0. The first-order chi connectivity index (χ1) is 17.1. The molecule has 0 aromatic rings. The van der Waals surface area contributed by atoms with E-state index in [-0.39, 0.29) is 12.0 Å². The van der Waals surface area contributed by atoms with Gasteiger partial charge >= 0.3 is 5.97 Å². The van der Waals surface area contributed by atoms with Gasteiger partial charge in [-0.2, -0.15) is 0 Å². The monoisotopic (exact) mass is 504 g/mol. The molecule has 4 saturated carbocycles. The van der Waals surface area contributed by atoms with Crippen LogP contribution in [-0.2, 0) is 9.59 Å². The standard InChI is InChI=1S/C30H52N2O4/c1-19(7-12-27(34)32-17-5-4-6-26(31)28(35)36)23-10-11-24-22-9-8-20-18-21(33)13-15-29(20,2)25(22)14-16-30(23,24)3/h19-26,33H,4-18,31H2,1-3H3,(H,32,34)(H,35,36)/t19-,20-,21-,22+,23-,24+,25+,26+,29+,30-/m1/s1. The number of nitrogens with two attached hydrogens (primary N) is 1. The maximum absolute atomic E-state index is 12.5. The van der Waals surface area contributed by atoms with Crippen LogP contribution in [0.3, 0.4) is 0 Å². The Morgan fingerprint density at radius 1 is 0.972 bits per heavy atom. The van der Waals surface area contributed by atoms with Crippen LogP contribution in [0, 0.1) is 46.3 Å². The summed E-state index contributed by atoms with van der Waals surface area (Å²) in [6.07, 6.45) is 14.7. The van der Waals surface area contributed by atoms with Crippen molar-refractivity contribution >= 4 is 11.9 Å². The van der Waals surface area contributed by atoms with Crippen LogP contribution in [0.4, 0.5) is 0 Å². The molecule has 4 fully saturated rings. The molecule has 0 aromatic heterocycles. The Hall–Kier alpha value is -1.14. The summed E-state index contributed by atoms with van der Waals surface area (Å²) in [7, 11) is 0. The van der Waals surface area contributed by atoms with E-state index in [1.807, 2.05) is 0 Å². The lowest BCUT2D eigenvalue weighted by Gasteiger charge is -2.61. The number of carboxylic acid groups (broad SMARTS) is 1. The van der Waals surface area contributed by atoms with Gasteiger partial charge in [0.05, 0.1) is 6.10 Å². The first kappa shape index (κ1) is 27.9. The summed E-state index contributed by atoms with van der Waals surface area (Å²) in [4.78, 5) is 23.3. The fourth-order valence-corrected chi connectivity index (χ4v) is 9.70. The molecule has 6 heteroatoms. The first-order valence-corrected chi connectivity index (χ1v) is 15.0. The lowest BCUT2D eigenvalue weighted by molar-refractivity contribution is -0.138. The fourth-order valence-electron chi connectivity index (χ4n) is 9.70. The molecular formula is C30H52N2O4. The minimum atomic E-state index is -0.958. The highest BCUT2D eigenvalue weighted by atomic mass is 16.4. The smallest absolute Gasteiger partial charge is 0.320 e. The van der Waals surface area contributed by atoms with E-state index in [9.17, 15) is 14.7 Å². The zero-order valence-electron chi connectivity index (χ0n) is 23.0. The van der Waals surface area contributed by atoms with Crippen molar-refractivity contribution in [3.05, 3.63) is 0 Å². The molecule has 4 aliphatic carbocycles. The van der Waals surface area contributed by atoms with Crippen LogP contribution in [0.25, 0.3) is 0 Å². The van der Waals surface area contributed by atoms with Gasteiger partial charge in [0.25, 0.3) is 0 Å². The molecule has 4 aliphatic rings. The Balaban J connectivity index is 1.25. The lowest BCUT2D eigenvalue weighted by Crippen LogP contribution is -2.54. The average molecular weight is 505 g/mol. The quantitative estimate of drug-likeness (QED) is 0.308. The molecule has 1 amide bonds. The van der Waals surface area contributed by atoms with E-state index >= 15 is 0 Å². The lowest BCUT2D eigenvalue weighted by atomic mass is 9.44. The van der Waals surface area contributed by atoms with Crippen molar-refractivity contribution in [3.63, 3.8) is 0 Å². The number of nitrogens with one attached hydrogen (secondary N) is 1. The molecule has 10 atom stereocenters. The largest absolute Gasteiger partial charge is 0.480 e. The number of aliphatic hydroxyl groups is 1. The third-order valence-electron chi connectivity index (χ3n) is 11.8. The van der Waals surface area contributed by atoms with E-state index in [1.165, 1.54) is 44.9 Å². The topological polar surface area (TPSA) is 113 Å². The molecule has 0 bridgehead atoms. The Bertz CT molecular complexity index is 789. The van der Waals surface area contributed by atoms with Crippen LogP contribution >= 0.6 is 0 Å². The molecule has 0 radical (unpaired) electrons. The van der Waals surface area contributed by atoms with Crippen LogP contribution in [0.5, 0.6) is 0 Å². The van der Waals surface area contributed by atoms with Gasteiger partial charge in [0, 0.05) is 13.0 Å². The number of amides is 1. The van der Waals surface area contributed by atoms with Crippen molar-refractivity contribution in [2.24, 2.45) is 52.1 Å². The van der Waals surface area contributed by atoms with Crippen LogP contribution < -0.4 is 11.1 Å². The molecule has 0 spiro atoms. The number of fused-ring (bicyclic) bond motifs is 5. The molecule has 4 rings (SSSR count). The molecule has 206 valence electrons. The van der Waals surface area contributed by atoms with Crippen molar-refractivity contribution in [2.45, 2.75) is 123 Å². The molecule has 6 nitrogen and oxygen atoms in total. The summed E-state index contributed by atoms with van der Waals surface area (Å²) in [5.74, 6) is 3.69. The molecule has 5 N–H and O–H groups in total. The van der Waals surface area contributed by atoms with Crippen molar-refractivity contribution in [1.29, 1.82) is 0 Å². The van der Waals surface area contributed by atoms with Crippen molar-refractivity contribution in [1.82, 2.24) is 5.32 Å². The second-order valence-electron chi connectivity index (χ2n) is 13.6. The summed E-state index contributed by atoms with van der Waals surface area (Å²) in [5.41, 5.74) is 6.39. The Morgan fingerprint density at radius 3 is 2.44 bits per heavy atom. The summed E-state index contributed by atoms with van der Waals surface area (Å²) in [5, 5.41) is 22.2. The summed E-state index contributed by atoms with van der Waals surface area (Å²) < 4.78 is 0. The number of aliphatic hydroxyl groups excluding tert-OH is 1. The van der Waals surface area contributed by atoms with Gasteiger partial charge in [0.15, 0.2) is 0 Å². The van der Waals surface area contributed by atoms with E-state index in [0.717, 1.165) is 49.4 Å². The number of carboxylic acids is 1. The zero-order chi connectivity index (χ0) is 26.1. The number of rotatable bonds is 10. The maximum atomic E-state index is 12.5. The van der Waals surface area contributed by atoms with Gasteiger partial charge in [-0.25, -0.2) is 0 Å². The predicted molar refractivity (Wildman–Crippen MR) is 142 cm³/mol. The SMILES string of the molecule is C[C@H](CCC(=O)NCCCC[C@H](N)C(=O)O)[C@H]1CC[C@H]2[C@@H]3CC[C@@H]4C[C@H](O)CC[C@]4(C)[C@H]3CC[C@]12C. The van der Waals surface area contributed by atoms with E-state index in [2.05, 4.69) is 26.1 Å². The van der Waals surface area contributed by atoms with Crippen molar-refractivity contribution in [2.75, 3.05) is 6.54 Å². The second kappa shape index (κ2) is 11.3. The Labute approximate surface area is 218 Å². The van der Waals surface area contributed by atoms with E-state index in [0.29, 0.717) is 48.5 Å². The van der Waals surface area contributed by atoms with Crippen LogP contribution in [-0.4, -0.2) is 40.8 Å². The van der Waals surface area contributed by atoms with Crippen LogP contribution in [0.15, 0.2) is 0 Å². The Kier molecular flexibility index (Phi) is 8.76. The summed E-state index contributed by atoms with van der Waals surface area (Å²) in [6, 6.07) is -0.804. The molecule has 0 unspecified atom stereocenters. The van der Waals surface area contributed by atoms with Crippen molar-refractivity contribution < 1.29 is 19.8 Å². The van der Waals surface area contributed by atoms with Gasteiger partial charge in [-0.15, -0.1) is 0 Å². The fraction of sp³-hybridized carbons (Fsp3) is 0.933. The highest BCUT2D eigenvalue weighted by Crippen LogP contribution is 2.68. The summed E-state index contributed by atoms with van der Waals surface area (Å²) in [6.45, 7) is 8.13. The van der Waals surface area contributed by atoms with Gasteiger partial charge in [0.2, 0.25) is 5.91 Å². The highest BCUT2D eigenvalue weighted by Gasteiger charge is 2.60. The number of carbonyl (C=O) groups is 2. The van der Waals surface area contributed by atoms with E-state index in [4.69, 9.17) is 10.8 Å². The number of carbonyl (C=O) groups excluding carboxylic acids is 1. The summed E-state index contributed by atoms with van der Waals surface area (Å²) >= 11 is 0. The average Bonchev–Trinajstić information content (AvgIpc) is 3.19.